The van der Waals surface area contributed by atoms with Crippen LogP contribution in [0.25, 0.3) is 5.70 Å². The number of rotatable bonds is 2. The lowest BCUT2D eigenvalue weighted by Crippen LogP contribution is -2.36. The highest BCUT2D eigenvalue weighted by atomic mass is 16.1. The first-order chi connectivity index (χ1) is 10.2. The van der Waals surface area contributed by atoms with Crippen LogP contribution in [0.4, 0.5) is 0 Å². The normalized spacial score (nSPS) is 23.7. The van der Waals surface area contributed by atoms with Crippen molar-refractivity contribution in [3.63, 3.8) is 0 Å². The van der Waals surface area contributed by atoms with Gasteiger partial charge in [0, 0.05) is 38.4 Å². The van der Waals surface area contributed by atoms with Crippen LogP contribution >= 0.6 is 0 Å². The molecular formula is C16H18N4O. The van der Waals surface area contributed by atoms with Gasteiger partial charge in [-0.15, -0.1) is 0 Å². The Morgan fingerprint density at radius 3 is 2.95 bits per heavy atom. The Morgan fingerprint density at radius 1 is 1.38 bits per heavy atom. The lowest BCUT2D eigenvalue weighted by Gasteiger charge is -2.36. The van der Waals surface area contributed by atoms with Crippen molar-refractivity contribution >= 4 is 12.0 Å². The molecule has 2 atom stereocenters. The molecule has 0 bridgehead atoms. The lowest BCUT2D eigenvalue weighted by atomic mass is 10.0. The third kappa shape index (κ3) is 1.70. The van der Waals surface area contributed by atoms with Crippen molar-refractivity contribution in [3.8, 4) is 0 Å². The first-order valence-corrected chi connectivity index (χ1v) is 7.31. The summed E-state index contributed by atoms with van der Waals surface area (Å²) in [6.45, 7) is 4.05. The van der Waals surface area contributed by atoms with Crippen LogP contribution in [0.3, 0.4) is 0 Å². The van der Waals surface area contributed by atoms with Crippen molar-refractivity contribution in [2.75, 3.05) is 6.54 Å². The average Bonchev–Trinajstić information content (AvgIpc) is 3.15. The van der Waals surface area contributed by atoms with E-state index in [1.54, 1.807) is 0 Å². The number of carbonyl (C=O) groups is 1. The van der Waals surface area contributed by atoms with Crippen LogP contribution in [-0.2, 0) is 13.6 Å². The van der Waals surface area contributed by atoms with E-state index in [-0.39, 0.29) is 6.04 Å². The van der Waals surface area contributed by atoms with Crippen LogP contribution in [-0.4, -0.2) is 31.8 Å². The molecule has 5 heteroatoms. The van der Waals surface area contributed by atoms with Gasteiger partial charge in [-0.05, 0) is 12.1 Å². The van der Waals surface area contributed by atoms with Gasteiger partial charge in [-0.2, -0.15) is 0 Å². The van der Waals surface area contributed by atoms with Crippen LogP contribution in [0, 0.1) is 5.92 Å². The van der Waals surface area contributed by atoms with E-state index < -0.39 is 0 Å². The van der Waals surface area contributed by atoms with Gasteiger partial charge < -0.3 is 14.0 Å². The molecule has 0 saturated heterocycles. The molecule has 2 aliphatic heterocycles. The summed E-state index contributed by atoms with van der Waals surface area (Å²) in [5.41, 5.74) is 3.05. The first kappa shape index (κ1) is 12.4. The van der Waals surface area contributed by atoms with E-state index in [0.29, 0.717) is 11.6 Å². The number of aldehydes is 1. The van der Waals surface area contributed by atoms with Gasteiger partial charge in [-0.1, -0.05) is 13.0 Å². The molecule has 0 saturated carbocycles. The Morgan fingerprint density at radius 2 is 2.24 bits per heavy atom. The Hall–Kier alpha value is -2.30. The van der Waals surface area contributed by atoms with Crippen molar-refractivity contribution in [1.29, 1.82) is 0 Å². The maximum atomic E-state index is 11.0. The standard InChI is InChI=1S/C16H18N4O/c1-11-8-14(13-4-3-5-18(13)2)20-7-6-19-9-12(10-21)17-16(19)15(11)20/h3-5,8-11,15H,6-7H2,1-2H3. The maximum absolute atomic E-state index is 11.0. The van der Waals surface area contributed by atoms with Gasteiger partial charge in [-0.3, -0.25) is 4.79 Å². The molecule has 0 radical (unpaired) electrons. The van der Waals surface area contributed by atoms with E-state index in [2.05, 4.69) is 57.4 Å². The summed E-state index contributed by atoms with van der Waals surface area (Å²) in [5.74, 6) is 1.40. The van der Waals surface area contributed by atoms with Gasteiger partial charge in [0.2, 0.25) is 0 Å². The summed E-state index contributed by atoms with van der Waals surface area (Å²) in [7, 11) is 2.07. The number of imidazole rings is 1. The second-order valence-corrected chi connectivity index (χ2v) is 5.89. The molecular weight excluding hydrogens is 264 g/mol. The highest BCUT2D eigenvalue weighted by Crippen LogP contribution is 2.44. The number of aryl methyl sites for hydroxylation is 1. The van der Waals surface area contributed by atoms with Gasteiger partial charge in [0.05, 0.1) is 17.4 Å². The minimum atomic E-state index is 0.234. The molecule has 0 fully saturated rings. The second-order valence-electron chi connectivity index (χ2n) is 5.89. The zero-order valence-electron chi connectivity index (χ0n) is 12.2. The SMILES string of the molecule is CC1C=C(c2cccn2C)N2CCn3cc(C=O)nc3C12. The first-order valence-electron chi connectivity index (χ1n) is 7.31. The summed E-state index contributed by atoms with van der Waals surface area (Å²) in [4.78, 5) is 17.9. The maximum Gasteiger partial charge on any atom is 0.170 e. The van der Waals surface area contributed by atoms with Crippen LogP contribution in [0.5, 0.6) is 0 Å². The Labute approximate surface area is 123 Å². The molecule has 4 heterocycles. The van der Waals surface area contributed by atoms with Crippen LogP contribution in [0.15, 0.2) is 30.6 Å². The lowest BCUT2D eigenvalue weighted by molar-refractivity contribution is 0.111. The molecule has 108 valence electrons. The average molecular weight is 282 g/mol. The minimum absolute atomic E-state index is 0.234. The molecule has 0 spiro atoms. The van der Waals surface area contributed by atoms with Crippen LogP contribution in [0.1, 0.15) is 35.0 Å². The Bertz CT molecular complexity index is 739. The third-order valence-corrected chi connectivity index (χ3v) is 4.56. The van der Waals surface area contributed by atoms with Crippen molar-refractivity contribution in [2.24, 2.45) is 13.0 Å². The van der Waals surface area contributed by atoms with E-state index in [1.807, 2.05) is 6.20 Å². The number of fused-ring (bicyclic) bond motifs is 3. The molecule has 21 heavy (non-hydrogen) atoms. The second kappa shape index (κ2) is 4.35. The summed E-state index contributed by atoms with van der Waals surface area (Å²) < 4.78 is 4.28. The van der Waals surface area contributed by atoms with Gasteiger partial charge in [-0.25, -0.2) is 4.98 Å². The van der Waals surface area contributed by atoms with Gasteiger partial charge in [0.25, 0.3) is 0 Å². The molecule has 2 aromatic rings. The zero-order valence-corrected chi connectivity index (χ0v) is 12.2. The minimum Gasteiger partial charge on any atom is -0.358 e. The molecule has 0 N–H and O–H groups in total. The molecule has 0 aromatic carbocycles. The fourth-order valence-corrected chi connectivity index (χ4v) is 3.60. The zero-order chi connectivity index (χ0) is 14.6. The Balaban J connectivity index is 1.77. The quantitative estimate of drug-likeness (QED) is 0.792. The van der Waals surface area contributed by atoms with Crippen molar-refractivity contribution in [3.05, 3.63) is 47.8 Å². The van der Waals surface area contributed by atoms with Crippen molar-refractivity contribution in [2.45, 2.75) is 19.5 Å². The van der Waals surface area contributed by atoms with E-state index in [0.717, 1.165) is 25.2 Å². The molecule has 5 nitrogen and oxygen atoms in total. The smallest absolute Gasteiger partial charge is 0.170 e. The van der Waals surface area contributed by atoms with E-state index in [9.17, 15) is 4.79 Å². The fraction of sp³-hybridized carbons (Fsp3) is 0.375. The number of hydrogen-bond donors (Lipinski definition) is 0. The Kier molecular flexibility index (Phi) is 2.58. The number of carbonyl (C=O) groups excluding carboxylic acids is 1. The third-order valence-electron chi connectivity index (χ3n) is 4.56. The molecule has 0 aliphatic carbocycles. The topological polar surface area (TPSA) is 43.1 Å². The highest BCUT2D eigenvalue weighted by molar-refractivity contribution is 5.71. The highest BCUT2D eigenvalue weighted by Gasteiger charge is 2.39. The van der Waals surface area contributed by atoms with Crippen molar-refractivity contribution in [1.82, 2.24) is 19.0 Å². The van der Waals surface area contributed by atoms with E-state index in [1.165, 1.54) is 11.4 Å². The predicted octanol–water partition coefficient (Wildman–Crippen LogP) is 2.08. The number of nitrogens with zero attached hydrogens (tertiary/aromatic N) is 4. The fourth-order valence-electron chi connectivity index (χ4n) is 3.60. The molecule has 2 aliphatic rings. The predicted molar refractivity (Wildman–Crippen MR) is 79.6 cm³/mol. The van der Waals surface area contributed by atoms with Crippen molar-refractivity contribution < 1.29 is 4.79 Å². The largest absolute Gasteiger partial charge is 0.358 e. The van der Waals surface area contributed by atoms with E-state index in [4.69, 9.17) is 0 Å². The molecule has 2 unspecified atom stereocenters. The summed E-state index contributed by atoms with van der Waals surface area (Å²) in [6.07, 6.45) is 7.10. The number of aromatic nitrogens is 3. The summed E-state index contributed by atoms with van der Waals surface area (Å²) in [6, 6.07) is 4.46. The molecule has 0 amide bonds. The molecule has 4 rings (SSSR count). The number of hydrogen-bond acceptors (Lipinski definition) is 3. The molecule has 2 aromatic heterocycles. The van der Waals surface area contributed by atoms with Crippen LogP contribution in [0.2, 0.25) is 0 Å². The van der Waals surface area contributed by atoms with Gasteiger partial charge in [0.1, 0.15) is 11.5 Å². The van der Waals surface area contributed by atoms with Crippen LogP contribution < -0.4 is 0 Å². The summed E-state index contributed by atoms with van der Waals surface area (Å²) >= 11 is 0. The summed E-state index contributed by atoms with van der Waals surface area (Å²) in [5, 5.41) is 0. The van der Waals surface area contributed by atoms with Gasteiger partial charge >= 0.3 is 0 Å². The monoisotopic (exact) mass is 282 g/mol. The van der Waals surface area contributed by atoms with Gasteiger partial charge in [0.15, 0.2) is 6.29 Å². The van der Waals surface area contributed by atoms with E-state index >= 15 is 0 Å².